The molecule has 0 amide bonds. The van der Waals surface area contributed by atoms with E-state index in [0.717, 1.165) is 18.0 Å². The molecule has 1 heterocycles. The number of benzene rings is 1. The number of hydrogen-bond acceptors (Lipinski definition) is 3. The Hall–Kier alpha value is -1.46. The van der Waals surface area contributed by atoms with E-state index in [1.165, 1.54) is 42.6 Å². The Kier molecular flexibility index (Phi) is 3.85. The lowest BCUT2D eigenvalue weighted by Gasteiger charge is -2.24. The lowest BCUT2D eigenvalue weighted by atomic mass is 10.1. The average molecular weight is 328 g/mol. The highest BCUT2D eigenvalue weighted by atomic mass is 32.1. The zero-order chi connectivity index (χ0) is 16.0. The van der Waals surface area contributed by atoms with Gasteiger partial charge < -0.3 is 4.57 Å². The summed E-state index contributed by atoms with van der Waals surface area (Å²) >= 11 is 5.67. The predicted molar refractivity (Wildman–Crippen MR) is 94.0 cm³/mol. The van der Waals surface area contributed by atoms with Gasteiger partial charge in [0.25, 0.3) is 0 Å². The maximum Gasteiger partial charge on any atom is 0.199 e. The molecule has 1 saturated carbocycles. The smallest absolute Gasteiger partial charge is 0.199 e. The Labute approximate surface area is 142 Å². The molecule has 122 valence electrons. The number of fused-ring (bicyclic) bond motifs is 1. The second kappa shape index (κ2) is 5.87. The zero-order valence-corrected chi connectivity index (χ0v) is 14.7. The molecule has 0 radical (unpaired) electrons. The molecule has 2 aromatic rings. The van der Waals surface area contributed by atoms with Gasteiger partial charge in [0.1, 0.15) is 5.82 Å². The van der Waals surface area contributed by atoms with E-state index in [4.69, 9.17) is 17.3 Å². The topological polar surface area (TPSA) is 26.0 Å². The fourth-order valence-corrected chi connectivity index (χ4v) is 4.11. The third kappa shape index (κ3) is 2.66. The van der Waals surface area contributed by atoms with Crippen LogP contribution in [0.4, 0.5) is 0 Å². The van der Waals surface area contributed by atoms with Crippen molar-refractivity contribution in [2.45, 2.75) is 57.8 Å². The summed E-state index contributed by atoms with van der Waals surface area (Å²) in [5, 5.41) is 4.84. The van der Waals surface area contributed by atoms with Crippen LogP contribution in [0.25, 0.3) is 0 Å². The van der Waals surface area contributed by atoms with Gasteiger partial charge in [0, 0.05) is 18.5 Å². The van der Waals surface area contributed by atoms with E-state index in [0.29, 0.717) is 12.0 Å². The molecule has 1 aromatic carbocycles. The maximum absolute atomic E-state index is 5.67. The Bertz CT molecular complexity index is 772. The first-order valence-corrected chi connectivity index (χ1v) is 9.05. The van der Waals surface area contributed by atoms with Crippen LogP contribution in [-0.2, 0) is 19.6 Å². The summed E-state index contributed by atoms with van der Waals surface area (Å²) < 4.78 is 5.10. The fourth-order valence-electron chi connectivity index (χ4n) is 3.79. The van der Waals surface area contributed by atoms with Gasteiger partial charge in [-0.2, -0.15) is 5.10 Å². The first-order chi connectivity index (χ1) is 11.2. The van der Waals surface area contributed by atoms with Crippen molar-refractivity contribution in [3.63, 3.8) is 0 Å². The van der Waals surface area contributed by atoms with Gasteiger partial charge in [-0.3, -0.25) is 4.90 Å². The molecule has 23 heavy (non-hydrogen) atoms. The zero-order valence-electron chi connectivity index (χ0n) is 13.9. The molecular formula is C18H24N4S. The number of nitrogens with zero attached hydrogens (tertiary/aromatic N) is 4. The van der Waals surface area contributed by atoms with Crippen molar-refractivity contribution >= 4 is 12.2 Å². The summed E-state index contributed by atoms with van der Waals surface area (Å²) in [4.78, 5) is 2.39. The Morgan fingerprint density at radius 2 is 2.04 bits per heavy atom. The van der Waals surface area contributed by atoms with Crippen molar-refractivity contribution in [1.29, 1.82) is 0 Å². The van der Waals surface area contributed by atoms with Crippen molar-refractivity contribution in [3.05, 3.63) is 46.0 Å². The van der Waals surface area contributed by atoms with Crippen molar-refractivity contribution in [1.82, 2.24) is 19.2 Å². The molecule has 0 saturated heterocycles. The number of aromatic nitrogens is 3. The lowest BCUT2D eigenvalue weighted by Crippen LogP contribution is -2.26. The Morgan fingerprint density at radius 3 is 2.78 bits per heavy atom. The largest absolute Gasteiger partial charge is 0.304 e. The van der Waals surface area contributed by atoms with E-state index >= 15 is 0 Å². The summed E-state index contributed by atoms with van der Waals surface area (Å²) in [7, 11) is 2.19. The van der Waals surface area contributed by atoms with Gasteiger partial charge in [0.15, 0.2) is 4.77 Å². The van der Waals surface area contributed by atoms with Crippen molar-refractivity contribution < 1.29 is 0 Å². The predicted octanol–water partition coefficient (Wildman–Crippen LogP) is 3.89. The SMILES string of the molecule is CCn1c(C2CC2)nn(CN(C)C2CCc3ccccc32)c1=S. The second-order valence-electron chi connectivity index (χ2n) is 6.81. The van der Waals surface area contributed by atoms with Crippen LogP contribution < -0.4 is 0 Å². The molecule has 1 aromatic heterocycles. The highest BCUT2D eigenvalue weighted by Gasteiger charge is 2.30. The van der Waals surface area contributed by atoms with Crippen LogP contribution in [0, 0.1) is 4.77 Å². The molecule has 1 unspecified atom stereocenters. The first-order valence-electron chi connectivity index (χ1n) is 8.64. The van der Waals surface area contributed by atoms with Gasteiger partial charge in [0.2, 0.25) is 0 Å². The third-order valence-corrected chi connectivity index (χ3v) is 5.63. The van der Waals surface area contributed by atoms with E-state index in [2.05, 4.69) is 47.7 Å². The van der Waals surface area contributed by atoms with E-state index in [1.807, 2.05) is 4.68 Å². The minimum absolute atomic E-state index is 0.476. The van der Waals surface area contributed by atoms with Gasteiger partial charge in [-0.15, -0.1) is 0 Å². The summed E-state index contributed by atoms with van der Waals surface area (Å²) in [5.74, 6) is 1.83. The van der Waals surface area contributed by atoms with Crippen LogP contribution in [0.15, 0.2) is 24.3 Å². The standard InChI is InChI=1S/C18H24N4S/c1-3-21-17(14-8-9-14)19-22(18(21)23)12-20(2)16-11-10-13-6-4-5-7-15(13)16/h4-7,14,16H,3,8-12H2,1-2H3. The quantitative estimate of drug-likeness (QED) is 0.779. The normalized spacial score (nSPS) is 20.2. The molecule has 2 aliphatic carbocycles. The van der Waals surface area contributed by atoms with Gasteiger partial charge in [-0.1, -0.05) is 24.3 Å². The molecule has 0 spiro atoms. The summed E-state index contributed by atoms with van der Waals surface area (Å²) in [5.41, 5.74) is 2.96. The van der Waals surface area contributed by atoms with E-state index in [1.54, 1.807) is 0 Å². The highest BCUT2D eigenvalue weighted by Crippen LogP contribution is 2.39. The molecule has 0 aliphatic heterocycles. The van der Waals surface area contributed by atoms with E-state index in [-0.39, 0.29) is 0 Å². The molecule has 4 rings (SSSR count). The van der Waals surface area contributed by atoms with Crippen LogP contribution in [0.1, 0.15) is 55.1 Å². The summed E-state index contributed by atoms with van der Waals surface area (Å²) in [6, 6.07) is 9.29. The maximum atomic E-state index is 5.67. The molecule has 0 N–H and O–H groups in total. The number of rotatable bonds is 5. The van der Waals surface area contributed by atoms with Crippen LogP contribution in [-0.4, -0.2) is 26.3 Å². The molecule has 1 fully saturated rings. The number of hydrogen-bond donors (Lipinski definition) is 0. The minimum atomic E-state index is 0.476. The molecule has 2 aliphatic rings. The van der Waals surface area contributed by atoms with E-state index in [9.17, 15) is 0 Å². The minimum Gasteiger partial charge on any atom is -0.304 e. The monoisotopic (exact) mass is 328 g/mol. The first kappa shape index (κ1) is 15.1. The van der Waals surface area contributed by atoms with Crippen molar-refractivity contribution in [3.8, 4) is 0 Å². The fraction of sp³-hybridized carbons (Fsp3) is 0.556. The molecule has 1 atom stereocenters. The van der Waals surface area contributed by atoms with Crippen LogP contribution in [0.2, 0.25) is 0 Å². The van der Waals surface area contributed by atoms with E-state index < -0.39 is 0 Å². The molecule has 5 heteroatoms. The Balaban J connectivity index is 1.58. The Morgan fingerprint density at radius 1 is 1.26 bits per heavy atom. The van der Waals surface area contributed by atoms with Crippen LogP contribution in [0.3, 0.4) is 0 Å². The van der Waals surface area contributed by atoms with Gasteiger partial charge in [0.05, 0.1) is 6.67 Å². The average Bonchev–Trinajstić information content (AvgIpc) is 3.24. The van der Waals surface area contributed by atoms with Gasteiger partial charge in [-0.25, -0.2) is 4.68 Å². The van der Waals surface area contributed by atoms with Crippen molar-refractivity contribution in [2.75, 3.05) is 7.05 Å². The van der Waals surface area contributed by atoms with Gasteiger partial charge in [-0.05, 0) is 63.0 Å². The lowest BCUT2D eigenvalue weighted by molar-refractivity contribution is 0.181. The van der Waals surface area contributed by atoms with Crippen LogP contribution >= 0.6 is 12.2 Å². The highest BCUT2D eigenvalue weighted by molar-refractivity contribution is 7.71. The van der Waals surface area contributed by atoms with Crippen molar-refractivity contribution in [2.24, 2.45) is 0 Å². The molecule has 0 bridgehead atoms. The summed E-state index contributed by atoms with van der Waals surface area (Å²) in [6.45, 7) is 3.84. The number of aryl methyl sites for hydroxylation is 1. The molecule has 4 nitrogen and oxygen atoms in total. The second-order valence-corrected chi connectivity index (χ2v) is 7.18. The molecular weight excluding hydrogens is 304 g/mol. The summed E-state index contributed by atoms with van der Waals surface area (Å²) in [6.07, 6.45) is 4.88. The third-order valence-electron chi connectivity index (χ3n) is 5.20. The van der Waals surface area contributed by atoms with Gasteiger partial charge >= 0.3 is 0 Å². The van der Waals surface area contributed by atoms with Crippen LogP contribution in [0.5, 0.6) is 0 Å².